The van der Waals surface area contributed by atoms with Crippen molar-refractivity contribution < 1.29 is 18.4 Å². The number of carbonyl (C=O) groups excluding carboxylic acids is 1. The molecule has 5 rings (SSSR count). The Morgan fingerprint density at radius 2 is 2.06 bits per heavy atom. The first-order valence-corrected chi connectivity index (χ1v) is 10.0. The molecule has 1 atom stereocenters. The summed E-state index contributed by atoms with van der Waals surface area (Å²) in [7, 11) is 1.47. The van der Waals surface area contributed by atoms with Crippen LogP contribution in [0.4, 0.5) is 10.1 Å². The van der Waals surface area contributed by atoms with Crippen LogP contribution in [-0.4, -0.2) is 28.1 Å². The molecule has 1 N–H and O–H groups in total. The molecule has 3 heterocycles. The Labute approximate surface area is 177 Å². The molecule has 2 aromatic heterocycles. The van der Waals surface area contributed by atoms with Crippen molar-refractivity contribution in [2.24, 2.45) is 0 Å². The smallest absolute Gasteiger partial charge is 0.227 e. The van der Waals surface area contributed by atoms with E-state index < -0.39 is 5.82 Å². The quantitative estimate of drug-likeness (QED) is 0.510. The number of halogens is 1. The van der Waals surface area contributed by atoms with Crippen molar-refractivity contribution in [3.63, 3.8) is 0 Å². The standard InChI is InChI=1S/C23H21FN4O3/c1-12-22(13(2)31-27-12)14-4-5-18-19(8-14)26-23(25-18)20-6-7-21(29)28(20)16-9-15(24)10-17(11-16)30-3/h4-5,8-11,20H,6-7H2,1-3H3,(H,25,26)/t20-/m0/s1. The van der Waals surface area contributed by atoms with E-state index >= 15 is 0 Å². The molecule has 1 saturated heterocycles. The summed E-state index contributed by atoms with van der Waals surface area (Å²) in [6.45, 7) is 3.79. The lowest BCUT2D eigenvalue weighted by atomic mass is 10.0. The first-order chi connectivity index (χ1) is 14.9. The van der Waals surface area contributed by atoms with Gasteiger partial charge >= 0.3 is 0 Å². The first kappa shape index (κ1) is 19.3. The molecule has 0 radical (unpaired) electrons. The average Bonchev–Trinajstić information content (AvgIpc) is 3.43. The summed E-state index contributed by atoms with van der Waals surface area (Å²) in [5.41, 5.74) is 4.87. The second kappa shape index (κ2) is 7.23. The molecule has 8 heteroatoms. The van der Waals surface area contributed by atoms with Gasteiger partial charge in [-0.1, -0.05) is 11.2 Å². The van der Waals surface area contributed by atoms with Crippen LogP contribution in [0.3, 0.4) is 0 Å². The molecular formula is C23H21FN4O3. The van der Waals surface area contributed by atoms with Gasteiger partial charge in [0, 0.05) is 24.1 Å². The lowest BCUT2D eigenvalue weighted by Crippen LogP contribution is -2.28. The number of benzene rings is 2. The fourth-order valence-electron chi connectivity index (χ4n) is 4.31. The summed E-state index contributed by atoms with van der Waals surface area (Å²) in [5.74, 6) is 1.25. The number of hydrogen-bond donors (Lipinski definition) is 1. The van der Waals surface area contributed by atoms with Crippen LogP contribution in [0.15, 0.2) is 40.9 Å². The zero-order valence-corrected chi connectivity index (χ0v) is 17.4. The minimum Gasteiger partial charge on any atom is -0.497 e. The fraction of sp³-hybridized carbons (Fsp3) is 0.261. The van der Waals surface area contributed by atoms with Gasteiger partial charge in [-0.05, 0) is 44.0 Å². The van der Waals surface area contributed by atoms with E-state index in [-0.39, 0.29) is 11.9 Å². The van der Waals surface area contributed by atoms with Crippen molar-refractivity contribution in [1.29, 1.82) is 0 Å². The minimum atomic E-state index is -0.457. The van der Waals surface area contributed by atoms with Crippen LogP contribution in [0, 0.1) is 19.7 Å². The maximum Gasteiger partial charge on any atom is 0.227 e. The number of hydrogen-bond acceptors (Lipinski definition) is 5. The van der Waals surface area contributed by atoms with E-state index in [0.717, 1.165) is 33.6 Å². The van der Waals surface area contributed by atoms with Crippen LogP contribution in [0.5, 0.6) is 5.75 Å². The van der Waals surface area contributed by atoms with Crippen molar-refractivity contribution >= 4 is 22.6 Å². The summed E-state index contributed by atoms with van der Waals surface area (Å²) in [6.07, 6.45) is 0.957. The number of methoxy groups -OCH3 is 1. The zero-order chi connectivity index (χ0) is 21.7. The number of rotatable bonds is 4. The Morgan fingerprint density at radius 3 is 2.81 bits per heavy atom. The summed E-state index contributed by atoms with van der Waals surface area (Å²) < 4.78 is 24.5. The highest BCUT2D eigenvalue weighted by Gasteiger charge is 2.35. The van der Waals surface area contributed by atoms with Crippen molar-refractivity contribution in [1.82, 2.24) is 15.1 Å². The normalized spacial score (nSPS) is 16.5. The molecule has 0 aliphatic carbocycles. The Kier molecular flexibility index (Phi) is 4.50. The lowest BCUT2D eigenvalue weighted by molar-refractivity contribution is -0.117. The molecule has 0 unspecified atom stereocenters. The number of anilines is 1. The molecule has 0 saturated carbocycles. The maximum absolute atomic E-state index is 14.1. The van der Waals surface area contributed by atoms with Crippen molar-refractivity contribution in [3.8, 4) is 16.9 Å². The van der Waals surface area contributed by atoms with Crippen LogP contribution < -0.4 is 9.64 Å². The Balaban J connectivity index is 1.55. The number of aromatic nitrogens is 3. The molecule has 1 aliphatic heterocycles. The molecule has 1 fully saturated rings. The van der Waals surface area contributed by atoms with Gasteiger partial charge in [0.15, 0.2) is 0 Å². The molecule has 0 spiro atoms. The molecular weight excluding hydrogens is 399 g/mol. The third-order valence-electron chi connectivity index (χ3n) is 5.72. The number of aromatic amines is 1. The van der Waals surface area contributed by atoms with Gasteiger partial charge in [0.25, 0.3) is 0 Å². The van der Waals surface area contributed by atoms with E-state index in [4.69, 9.17) is 14.2 Å². The van der Waals surface area contributed by atoms with Crippen LogP contribution in [0.25, 0.3) is 22.2 Å². The van der Waals surface area contributed by atoms with Crippen LogP contribution in [0.2, 0.25) is 0 Å². The van der Waals surface area contributed by atoms with Crippen molar-refractivity contribution in [3.05, 3.63) is 59.5 Å². The van der Waals surface area contributed by atoms with Gasteiger partial charge in [-0.3, -0.25) is 4.79 Å². The number of imidazole rings is 1. The summed E-state index contributed by atoms with van der Waals surface area (Å²) in [6, 6.07) is 9.90. The van der Waals surface area contributed by atoms with Crippen LogP contribution in [0.1, 0.15) is 36.2 Å². The van der Waals surface area contributed by atoms with Gasteiger partial charge < -0.3 is 19.1 Å². The van der Waals surface area contributed by atoms with Gasteiger partial charge in [0.1, 0.15) is 23.2 Å². The molecule has 1 amide bonds. The summed E-state index contributed by atoms with van der Waals surface area (Å²) >= 11 is 0. The molecule has 7 nitrogen and oxygen atoms in total. The number of fused-ring (bicyclic) bond motifs is 1. The van der Waals surface area contributed by atoms with E-state index in [1.54, 1.807) is 11.0 Å². The Bertz CT molecular complexity index is 1290. The third kappa shape index (κ3) is 3.24. The van der Waals surface area contributed by atoms with Gasteiger partial charge in [0.05, 0.1) is 35.6 Å². The number of carbonyl (C=O) groups is 1. The van der Waals surface area contributed by atoms with Gasteiger partial charge in [0.2, 0.25) is 5.91 Å². The van der Waals surface area contributed by atoms with Crippen LogP contribution in [-0.2, 0) is 4.79 Å². The highest BCUT2D eigenvalue weighted by Crippen LogP contribution is 2.38. The van der Waals surface area contributed by atoms with E-state index in [9.17, 15) is 9.18 Å². The lowest BCUT2D eigenvalue weighted by Gasteiger charge is -2.24. The SMILES string of the molecule is COc1cc(F)cc(N2C(=O)CC[C@H]2c2nc3ccc(-c4c(C)noc4C)cc3[nH]2)c1. The molecule has 2 aromatic carbocycles. The minimum absolute atomic E-state index is 0.0745. The predicted molar refractivity (Wildman–Crippen MR) is 113 cm³/mol. The summed E-state index contributed by atoms with van der Waals surface area (Å²) in [4.78, 5) is 22.4. The second-order valence-electron chi connectivity index (χ2n) is 7.72. The monoisotopic (exact) mass is 420 g/mol. The van der Waals surface area contributed by atoms with Crippen molar-refractivity contribution in [2.75, 3.05) is 12.0 Å². The van der Waals surface area contributed by atoms with E-state index in [2.05, 4.69) is 10.1 Å². The number of ether oxygens (including phenoxy) is 1. The number of H-pyrrole nitrogens is 1. The van der Waals surface area contributed by atoms with Gasteiger partial charge in [-0.25, -0.2) is 9.37 Å². The number of nitrogens with zero attached hydrogens (tertiary/aromatic N) is 3. The molecule has 158 valence electrons. The second-order valence-corrected chi connectivity index (χ2v) is 7.72. The third-order valence-corrected chi connectivity index (χ3v) is 5.72. The fourth-order valence-corrected chi connectivity index (χ4v) is 4.31. The Morgan fingerprint density at radius 1 is 1.23 bits per heavy atom. The maximum atomic E-state index is 14.1. The topological polar surface area (TPSA) is 84.2 Å². The van der Waals surface area contributed by atoms with Gasteiger partial charge in [-0.15, -0.1) is 0 Å². The van der Waals surface area contributed by atoms with Crippen LogP contribution >= 0.6 is 0 Å². The number of nitrogens with one attached hydrogen (secondary N) is 1. The van der Waals surface area contributed by atoms with Gasteiger partial charge in [-0.2, -0.15) is 0 Å². The molecule has 4 aromatic rings. The summed E-state index contributed by atoms with van der Waals surface area (Å²) in [5, 5.41) is 4.03. The molecule has 1 aliphatic rings. The number of amides is 1. The first-order valence-electron chi connectivity index (χ1n) is 10.0. The average molecular weight is 420 g/mol. The highest BCUT2D eigenvalue weighted by molar-refractivity contribution is 5.96. The number of aryl methyl sites for hydroxylation is 2. The van der Waals surface area contributed by atoms with Crippen molar-refractivity contribution in [2.45, 2.75) is 32.7 Å². The van der Waals surface area contributed by atoms with E-state index in [1.165, 1.54) is 19.2 Å². The highest BCUT2D eigenvalue weighted by atomic mass is 19.1. The molecule has 31 heavy (non-hydrogen) atoms. The largest absolute Gasteiger partial charge is 0.497 e. The van der Waals surface area contributed by atoms with E-state index in [0.29, 0.717) is 30.1 Å². The zero-order valence-electron chi connectivity index (χ0n) is 17.4. The molecule has 0 bridgehead atoms. The predicted octanol–water partition coefficient (Wildman–Crippen LogP) is 4.85. The Hall–Kier alpha value is -3.68. The van der Waals surface area contributed by atoms with E-state index in [1.807, 2.05) is 32.0 Å².